The number of methoxy groups -OCH3 is 1. The number of hydrogen-bond donors (Lipinski definition) is 1. The van der Waals surface area contributed by atoms with Gasteiger partial charge >= 0.3 is 5.69 Å². The second kappa shape index (κ2) is 10.5. The maximum absolute atomic E-state index is 12.6. The molecule has 1 aliphatic heterocycles. The van der Waals surface area contributed by atoms with Gasteiger partial charge in [0.1, 0.15) is 0 Å². The van der Waals surface area contributed by atoms with Gasteiger partial charge in [-0.15, -0.1) is 12.4 Å². The van der Waals surface area contributed by atoms with Crippen molar-refractivity contribution in [2.24, 2.45) is 0 Å². The largest absolute Gasteiger partial charge is 0.382 e. The number of imidazole rings is 1. The predicted octanol–water partition coefficient (Wildman–Crippen LogP) is 4.32. The van der Waals surface area contributed by atoms with Crippen molar-refractivity contribution in [1.29, 1.82) is 0 Å². The van der Waals surface area contributed by atoms with Gasteiger partial charge in [-0.3, -0.25) is 4.57 Å². The van der Waals surface area contributed by atoms with Crippen LogP contribution in [0.3, 0.4) is 0 Å². The van der Waals surface area contributed by atoms with Crippen molar-refractivity contribution in [3.8, 4) is 0 Å². The fourth-order valence-electron chi connectivity index (χ4n) is 5.00. The van der Waals surface area contributed by atoms with Crippen LogP contribution in [0.5, 0.6) is 0 Å². The number of aromatic amines is 1. The number of halogens is 2. The zero-order chi connectivity index (χ0) is 20.4. The Kier molecular flexibility index (Phi) is 8.27. The van der Waals surface area contributed by atoms with Crippen molar-refractivity contribution in [1.82, 2.24) is 14.5 Å². The standard InChI is InChI=1S/C22H32ClN3O3.ClH/c1-15-13-21-20(14-19(15)23)24-22(27)26(21)17-7-9-25(10-8-17)16-3-5-18(6-4-16)29-12-11-28-2;/h13-14,16-18H,3-12H2,1-2H3,(H,24,27);1H/t16-,18-;. The number of nitrogens with zero attached hydrogens (tertiary/aromatic N) is 2. The number of rotatable bonds is 6. The van der Waals surface area contributed by atoms with Crippen molar-refractivity contribution in [2.75, 3.05) is 33.4 Å². The summed E-state index contributed by atoms with van der Waals surface area (Å²) in [5, 5.41) is 0.697. The molecule has 0 amide bonds. The minimum absolute atomic E-state index is 0. The molecule has 2 fully saturated rings. The van der Waals surface area contributed by atoms with Gasteiger partial charge in [0.15, 0.2) is 0 Å². The molecule has 2 aliphatic rings. The molecule has 1 saturated carbocycles. The Bertz CT molecular complexity index is 882. The van der Waals surface area contributed by atoms with E-state index in [9.17, 15) is 4.79 Å². The highest BCUT2D eigenvalue weighted by atomic mass is 35.5. The minimum Gasteiger partial charge on any atom is -0.382 e. The molecule has 0 atom stereocenters. The van der Waals surface area contributed by atoms with Crippen molar-refractivity contribution < 1.29 is 9.47 Å². The molecule has 0 unspecified atom stereocenters. The molecule has 1 aromatic heterocycles. The molecule has 0 radical (unpaired) electrons. The number of aryl methyl sites for hydroxylation is 1. The maximum atomic E-state index is 12.6. The summed E-state index contributed by atoms with van der Waals surface area (Å²) in [5.74, 6) is 0. The van der Waals surface area contributed by atoms with E-state index >= 15 is 0 Å². The van der Waals surface area contributed by atoms with Crippen LogP contribution in [0.15, 0.2) is 16.9 Å². The monoisotopic (exact) mass is 457 g/mol. The van der Waals surface area contributed by atoms with E-state index in [2.05, 4.69) is 9.88 Å². The first-order valence-electron chi connectivity index (χ1n) is 10.8. The number of fused-ring (bicyclic) bond motifs is 1. The van der Waals surface area contributed by atoms with Gasteiger partial charge < -0.3 is 19.4 Å². The Balaban J connectivity index is 0.00000256. The van der Waals surface area contributed by atoms with Crippen LogP contribution < -0.4 is 5.69 Å². The van der Waals surface area contributed by atoms with Crippen molar-refractivity contribution in [2.45, 2.75) is 63.6 Å². The van der Waals surface area contributed by atoms with Crippen molar-refractivity contribution in [3.05, 3.63) is 33.2 Å². The molecule has 1 aromatic carbocycles. The Labute approximate surface area is 189 Å². The van der Waals surface area contributed by atoms with E-state index in [1.165, 1.54) is 12.8 Å². The summed E-state index contributed by atoms with van der Waals surface area (Å²) < 4.78 is 12.9. The number of nitrogens with one attached hydrogen (secondary N) is 1. The number of H-pyrrole nitrogens is 1. The zero-order valence-electron chi connectivity index (χ0n) is 17.9. The molecule has 8 heteroatoms. The van der Waals surface area contributed by atoms with Gasteiger partial charge in [-0.05, 0) is 63.1 Å². The number of aromatic nitrogens is 2. The Morgan fingerprint density at radius 3 is 2.43 bits per heavy atom. The normalized spacial score (nSPS) is 23.6. The highest BCUT2D eigenvalue weighted by Crippen LogP contribution is 2.31. The number of piperidine rings is 1. The molecule has 2 heterocycles. The van der Waals surface area contributed by atoms with Gasteiger partial charge in [-0.25, -0.2) is 4.79 Å². The molecule has 2 aromatic rings. The number of hydrogen-bond acceptors (Lipinski definition) is 4. The van der Waals surface area contributed by atoms with E-state index in [1.54, 1.807) is 7.11 Å². The third-order valence-corrected chi connectivity index (χ3v) is 7.07. The summed E-state index contributed by atoms with van der Waals surface area (Å²) in [6.45, 7) is 5.46. The van der Waals surface area contributed by atoms with Gasteiger partial charge in [0.25, 0.3) is 0 Å². The summed E-state index contributed by atoms with van der Waals surface area (Å²) in [6, 6.07) is 4.81. The summed E-state index contributed by atoms with van der Waals surface area (Å²) in [6.07, 6.45) is 7.09. The lowest BCUT2D eigenvalue weighted by atomic mass is 9.90. The van der Waals surface area contributed by atoms with Gasteiger partial charge in [0.05, 0.1) is 30.4 Å². The Morgan fingerprint density at radius 1 is 1.07 bits per heavy atom. The molecule has 30 heavy (non-hydrogen) atoms. The van der Waals surface area contributed by atoms with Crippen molar-refractivity contribution >= 4 is 35.0 Å². The van der Waals surface area contributed by atoms with Crippen LogP contribution in [0.25, 0.3) is 11.0 Å². The fraction of sp³-hybridized carbons (Fsp3) is 0.682. The fourth-order valence-corrected chi connectivity index (χ4v) is 5.16. The molecule has 4 rings (SSSR count). The summed E-state index contributed by atoms with van der Waals surface area (Å²) in [7, 11) is 1.71. The lowest BCUT2D eigenvalue weighted by Crippen LogP contribution is -2.45. The van der Waals surface area contributed by atoms with Gasteiger partial charge in [0.2, 0.25) is 0 Å². The number of likely N-dealkylation sites (tertiary alicyclic amines) is 1. The SMILES string of the molecule is COCCO[C@H]1CC[C@H](N2CCC(n3c(=O)[nH]c4cc(Cl)c(C)cc43)CC2)CC1.Cl. The van der Waals surface area contributed by atoms with Gasteiger partial charge in [-0.2, -0.15) is 0 Å². The number of benzene rings is 1. The van der Waals surface area contributed by atoms with E-state index in [-0.39, 0.29) is 24.1 Å². The molecule has 168 valence electrons. The van der Waals surface area contributed by atoms with Crippen LogP contribution in [0.4, 0.5) is 0 Å². The minimum atomic E-state index is -0.0196. The highest BCUT2D eigenvalue weighted by Gasteiger charge is 2.30. The zero-order valence-corrected chi connectivity index (χ0v) is 19.4. The molecule has 0 bridgehead atoms. The second-order valence-corrected chi connectivity index (χ2v) is 8.89. The van der Waals surface area contributed by atoms with E-state index in [1.807, 2.05) is 23.6 Å². The van der Waals surface area contributed by atoms with E-state index in [0.717, 1.165) is 55.4 Å². The maximum Gasteiger partial charge on any atom is 0.326 e. The molecule has 1 saturated heterocycles. The topological polar surface area (TPSA) is 59.5 Å². The quantitative estimate of drug-likeness (QED) is 0.655. The van der Waals surface area contributed by atoms with Gasteiger partial charge in [-0.1, -0.05) is 11.6 Å². The Hall–Kier alpha value is -1.05. The average Bonchev–Trinajstić information content (AvgIpc) is 3.04. The van der Waals surface area contributed by atoms with E-state index < -0.39 is 0 Å². The van der Waals surface area contributed by atoms with Crippen LogP contribution in [-0.2, 0) is 9.47 Å². The first kappa shape index (κ1) is 23.6. The average molecular weight is 458 g/mol. The molecule has 0 spiro atoms. The van der Waals surface area contributed by atoms with E-state index in [0.29, 0.717) is 30.4 Å². The molecular formula is C22H33Cl2N3O3. The first-order chi connectivity index (χ1) is 14.1. The summed E-state index contributed by atoms with van der Waals surface area (Å²) >= 11 is 6.23. The van der Waals surface area contributed by atoms with Crippen LogP contribution in [-0.4, -0.2) is 60.0 Å². The lowest BCUT2D eigenvalue weighted by Gasteiger charge is -2.41. The third kappa shape index (κ3) is 5.05. The van der Waals surface area contributed by atoms with Crippen molar-refractivity contribution in [3.63, 3.8) is 0 Å². The third-order valence-electron chi connectivity index (χ3n) is 6.66. The molecule has 6 nitrogen and oxygen atoms in total. The highest BCUT2D eigenvalue weighted by molar-refractivity contribution is 6.32. The van der Waals surface area contributed by atoms with Crippen LogP contribution in [0.1, 0.15) is 50.1 Å². The predicted molar refractivity (Wildman–Crippen MR) is 123 cm³/mol. The smallest absolute Gasteiger partial charge is 0.326 e. The molecular weight excluding hydrogens is 425 g/mol. The summed E-state index contributed by atoms with van der Waals surface area (Å²) in [5.41, 5.74) is 2.80. The second-order valence-electron chi connectivity index (χ2n) is 8.48. The van der Waals surface area contributed by atoms with Crippen LogP contribution >= 0.6 is 24.0 Å². The van der Waals surface area contributed by atoms with Crippen LogP contribution in [0.2, 0.25) is 5.02 Å². The number of ether oxygens (including phenoxy) is 2. The first-order valence-corrected chi connectivity index (χ1v) is 11.2. The molecule has 1 N–H and O–H groups in total. The van der Waals surface area contributed by atoms with E-state index in [4.69, 9.17) is 21.1 Å². The molecule has 1 aliphatic carbocycles. The van der Waals surface area contributed by atoms with Crippen LogP contribution in [0, 0.1) is 6.92 Å². The Morgan fingerprint density at radius 2 is 1.77 bits per heavy atom. The lowest BCUT2D eigenvalue weighted by molar-refractivity contribution is -0.0173. The summed E-state index contributed by atoms with van der Waals surface area (Å²) in [4.78, 5) is 18.2. The van der Waals surface area contributed by atoms with Gasteiger partial charge in [0, 0.05) is 37.3 Å².